The van der Waals surface area contributed by atoms with Crippen molar-refractivity contribution in [3.8, 4) is 0 Å². The molecule has 0 spiro atoms. The number of hydrogen-bond donors (Lipinski definition) is 1. The summed E-state index contributed by atoms with van der Waals surface area (Å²) in [5, 5.41) is 11.1. The molecule has 0 unspecified atom stereocenters. The molecular formula is C17H25NO4S. The third-order valence-electron chi connectivity index (χ3n) is 4.56. The van der Waals surface area contributed by atoms with Gasteiger partial charge in [0.2, 0.25) is 0 Å². The lowest BCUT2D eigenvalue weighted by molar-refractivity contribution is -0.142. The third-order valence-corrected chi connectivity index (χ3v) is 5.45. The molecule has 0 aromatic carbocycles. The van der Waals surface area contributed by atoms with Gasteiger partial charge in [-0.3, -0.25) is 4.79 Å². The topological polar surface area (TPSA) is 66.8 Å². The van der Waals surface area contributed by atoms with Gasteiger partial charge >= 0.3 is 11.9 Å². The van der Waals surface area contributed by atoms with Crippen molar-refractivity contribution >= 4 is 29.0 Å². The molecule has 0 atom stereocenters. The predicted octanol–water partition coefficient (Wildman–Crippen LogP) is 3.78. The van der Waals surface area contributed by atoms with E-state index in [1.807, 2.05) is 11.4 Å². The first kappa shape index (κ1) is 17.8. The highest BCUT2D eigenvalue weighted by molar-refractivity contribution is 7.12. The van der Waals surface area contributed by atoms with Gasteiger partial charge in [-0.2, -0.15) is 0 Å². The van der Waals surface area contributed by atoms with Gasteiger partial charge in [0.15, 0.2) is 0 Å². The SMILES string of the molecule is CCCCN(c1ccsc1C(=O)OC)C1CCC(C(=O)O)CC1. The van der Waals surface area contributed by atoms with Gasteiger partial charge in [0.25, 0.3) is 0 Å². The van der Waals surface area contributed by atoms with Crippen LogP contribution in [0, 0.1) is 5.92 Å². The summed E-state index contributed by atoms with van der Waals surface area (Å²) in [6, 6.07) is 2.28. The first-order chi connectivity index (χ1) is 11.1. The minimum Gasteiger partial charge on any atom is -0.481 e. The smallest absolute Gasteiger partial charge is 0.350 e. The number of nitrogens with zero attached hydrogens (tertiary/aromatic N) is 1. The van der Waals surface area contributed by atoms with Gasteiger partial charge in [-0.15, -0.1) is 11.3 Å². The molecule has 0 amide bonds. The molecule has 0 aliphatic heterocycles. The van der Waals surface area contributed by atoms with Crippen LogP contribution in [0.3, 0.4) is 0 Å². The van der Waals surface area contributed by atoms with Gasteiger partial charge in [-0.05, 0) is 43.6 Å². The summed E-state index contributed by atoms with van der Waals surface area (Å²) in [6.45, 7) is 3.04. The van der Waals surface area contributed by atoms with Crippen molar-refractivity contribution in [3.05, 3.63) is 16.3 Å². The summed E-state index contributed by atoms with van der Waals surface area (Å²) in [5.74, 6) is -1.20. The number of rotatable bonds is 7. The van der Waals surface area contributed by atoms with E-state index in [1.165, 1.54) is 18.4 Å². The Labute approximate surface area is 141 Å². The van der Waals surface area contributed by atoms with Gasteiger partial charge < -0.3 is 14.7 Å². The van der Waals surface area contributed by atoms with Crippen LogP contribution in [0.1, 0.15) is 55.1 Å². The lowest BCUT2D eigenvalue weighted by Gasteiger charge is -2.37. The largest absolute Gasteiger partial charge is 0.481 e. The zero-order chi connectivity index (χ0) is 16.8. The van der Waals surface area contributed by atoms with Gasteiger partial charge in [0.05, 0.1) is 18.7 Å². The Morgan fingerprint density at radius 1 is 1.35 bits per heavy atom. The average Bonchev–Trinajstić information content (AvgIpc) is 3.04. The Morgan fingerprint density at radius 3 is 2.61 bits per heavy atom. The zero-order valence-corrected chi connectivity index (χ0v) is 14.6. The molecule has 1 saturated carbocycles. The third kappa shape index (κ3) is 4.25. The second-order valence-corrected chi connectivity index (χ2v) is 6.93. The molecule has 128 valence electrons. The van der Waals surface area contributed by atoms with E-state index >= 15 is 0 Å². The number of carboxylic acid groups (broad SMARTS) is 1. The Hall–Kier alpha value is -1.56. The summed E-state index contributed by atoms with van der Waals surface area (Å²) in [5.41, 5.74) is 0.939. The number of hydrogen-bond acceptors (Lipinski definition) is 5. The molecule has 6 heteroatoms. The Morgan fingerprint density at radius 2 is 2.04 bits per heavy atom. The fourth-order valence-electron chi connectivity index (χ4n) is 3.24. The standard InChI is InChI=1S/C17H25NO4S/c1-3-4-10-18(13-7-5-12(6-8-13)16(19)20)14-9-11-23-15(14)17(21)22-2/h9,11-13H,3-8,10H2,1-2H3,(H,19,20). The quantitative estimate of drug-likeness (QED) is 0.766. The van der Waals surface area contributed by atoms with Crippen LogP contribution in [-0.2, 0) is 9.53 Å². The monoisotopic (exact) mass is 339 g/mol. The molecule has 1 aliphatic rings. The van der Waals surface area contributed by atoms with E-state index in [9.17, 15) is 9.59 Å². The molecule has 1 aromatic heterocycles. The van der Waals surface area contributed by atoms with Gasteiger partial charge in [-0.1, -0.05) is 13.3 Å². The maximum atomic E-state index is 12.0. The van der Waals surface area contributed by atoms with Crippen molar-refractivity contribution in [2.24, 2.45) is 5.92 Å². The van der Waals surface area contributed by atoms with E-state index < -0.39 is 5.97 Å². The lowest BCUT2D eigenvalue weighted by Crippen LogP contribution is -2.40. The van der Waals surface area contributed by atoms with Crippen molar-refractivity contribution in [2.45, 2.75) is 51.5 Å². The second-order valence-electron chi connectivity index (χ2n) is 6.02. The number of carbonyl (C=O) groups excluding carboxylic acids is 1. The second kappa shape index (κ2) is 8.34. The van der Waals surface area contributed by atoms with E-state index in [0.29, 0.717) is 23.8 Å². The molecule has 1 heterocycles. The van der Waals surface area contributed by atoms with Gasteiger partial charge in [-0.25, -0.2) is 4.79 Å². The van der Waals surface area contributed by atoms with Crippen LogP contribution in [-0.4, -0.2) is 36.7 Å². The summed E-state index contributed by atoms with van der Waals surface area (Å²) in [7, 11) is 1.40. The van der Waals surface area contributed by atoms with Crippen molar-refractivity contribution in [2.75, 3.05) is 18.6 Å². The van der Waals surface area contributed by atoms with E-state index in [4.69, 9.17) is 9.84 Å². The number of esters is 1. The highest BCUT2D eigenvalue weighted by atomic mass is 32.1. The normalized spacial score (nSPS) is 21.0. The highest BCUT2D eigenvalue weighted by Crippen LogP contribution is 2.35. The number of carboxylic acids is 1. The van der Waals surface area contributed by atoms with Crippen molar-refractivity contribution in [3.63, 3.8) is 0 Å². The van der Waals surface area contributed by atoms with Crippen LogP contribution in [0.5, 0.6) is 0 Å². The molecule has 2 rings (SSSR count). The van der Waals surface area contributed by atoms with E-state index in [2.05, 4.69) is 11.8 Å². The van der Waals surface area contributed by atoms with Crippen LogP contribution < -0.4 is 4.90 Å². The molecule has 1 N–H and O–H groups in total. The Kier molecular flexibility index (Phi) is 6.45. The summed E-state index contributed by atoms with van der Waals surface area (Å²) in [6.07, 6.45) is 5.27. The Balaban J connectivity index is 2.16. The summed E-state index contributed by atoms with van der Waals surface area (Å²) < 4.78 is 4.89. The first-order valence-corrected chi connectivity index (χ1v) is 9.11. The molecule has 1 fully saturated rings. The maximum absolute atomic E-state index is 12.0. The minimum absolute atomic E-state index is 0.221. The number of carbonyl (C=O) groups is 2. The van der Waals surface area contributed by atoms with Crippen LogP contribution >= 0.6 is 11.3 Å². The van der Waals surface area contributed by atoms with Crippen LogP contribution in [0.4, 0.5) is 5.69 Å². The fourth-order valence-corrected chi connectivity index (χ4v) is 4.06. The van der Waals surface area contributed by atoms with Gasteiger partial charge in [0, 0.05) is 12.6 Å². The van der Waals surface area contributed by atoms with Gasteiger partial charge in [0.1, 0.15) is 4.88 Å². The van der Waals surface area contributed by atoms with Crippen LogP contribution in [0.25, 0.3) is 0 Å². The van der Waals surface area contributed by atoms with Crippen LogP contribution in [0.15, 0.2) is 11.4 Å². The highest BCUT2D eigenvalue weighted by Gasteiger charge is 2.31. The van der Waals surface area contributed by atoms with Crippen molar-refractivity contribution in [1.29, 1.82) is 0 Å². The summed E-state index contributed by atoms with van der Waals surface area (Å²) >= 11 is 1.40. The number of methoxy groups -OCH3 is 1. The van der Waals surface area contributed by atoms with E-state index in [1.54, 1.807) is 0 Å². The molecule has 0 saturated heterocycles. The molecular weight excluding hydrogens is 314 g/mol. The molecule has 5 nitrogen and oxygen atoms in total. The van der Waals surface area contributed by atoms with E-state index in [0.717, 1.165) is 37.9 Å². The molecule has 0 radical (unpaired) electrons. The molecule has 23 heavy (non-hydrogen) atoms. The predicted molar refractivity (Wildman–Crippen MR) is 91.3 cm³/mol. The fraction of sp³-hybridized carbons (Fsp3) is 0.647. The van der Waals surface area contributed by atoms with Crippen molar-refractivity contribution in [1.82, 2.24) is 0 Å². The van der Waals surface area contributed by atoms with Crippen molar-refractivity contribution < 1.29 is 19.4 Å². The summed E-state index contributed by atoms with van der Waals surface area (Å²) in [4.78, 5) is 26.1. The average molecular weight is 339 g/mol. The van der Waals surface area contributed by atoms with E-state index in [-0.39, 0.29) is 11.9 Å². The minimum atomic E-state index is -0.686. The number of anilines is 1. The lowest BCUT2D eigenvalue weighted by atomic mass is 9.85. The zero-order valence-electron chi connectivity index (χ0n) is 13.8. The van der Waals surface area contributed by atoms with Crippen LogP contribution in [0.2, 0.25) is 0 Å². The molecule has 1 aromatic rings. The number of ether oxygens (including phenoxy) is 1. The maximum Gasteiger partial charge on any atom is 0.350 e. The first-order valence-electron chi connectivity index (χ1n) is 8.23. The molecule has 1 aliphatic carbocycles. The molecule has 0 bridgehead atoms. The number of aliphatic carboxylic acids is 1. The number of unbranched alkanes of at least 4 members (excludes halogenated alkanes) is 1. The Bertz CT molecular complexity index is 534. The number of thiophene rings is 1.